The number of rotatable bonds is 1. The van der Waals surface area contributed by atoms with Gasteiger partial charge in [-0.15, -0.1) is 0 Å². The predicted molar refractivity (Wildman–Crippen MR) is 76.9 cm³/mol. The zero-order valence-electron chi connectivity index (χ0n) is 12.0. The number of imidazole rings is 1. The van der Waals surface area contributed by atoms with Crippen LogP contribution in [0.25, 0.3) is 11.3 Å². The molecule has 1 aromatic carbocycles. The topological polar surface area (TPSA) is 67.6 Å². The molecule has 1 saturated heterocycles. The number of phenols is 1. The first-order chi connectivity index (χ1) is 9.97. The summed E-state index contributed by atoms with van der Waals surface area (Å²) in [7, 11) is 0. The van der Waals surface area contributed by atoms with Gasteiger partial charge in [0.25, 0.3) is 0 Å². The summed E-state index contributed by atoms with van der Waals surface area (Å²) in [6.45, 7) is 4.75. The van der Waals surface area contributed by atoms with Gasteiger partial charge in [0, 0.05) is 11.8 Å². The van der Waals surface area contributed by atoms with Gasteiger partial charge in [-0.2, -0.15) is 0 Å². The molecular formula is C15H17N3O3. The van der Waals surface area contributed by atoms with Crippen molar-refractivity contribution in [3.8, 4) is 17.0 Å². The molecule has 0 atom stereocenters. The van der Waals surface area contributed by atoms with Crippen molar-refractivity contribution in [1.82, 2.24) is 14.5 Å². The minimum atomic E-state index is -0.319. The zero-order chi connectivity index (χ0) is 15.0. The van der Waals surface area contributed by atoms with Crippen LogP contribution in [0.3, 0.4) is 0 Å². The smallest absolute Gasteiger partial charge is 0.331 e. The van der Waals surface area contributed by atoms with Crippen molar-refractivity contribution in [1.29, 1.82) is 0 Å². The highest BCUT2D eigenvalue weighted by Gasteiger charge is 2.37. The van der Waals surface area contributed by atoms with Crippen LogP contribution in [0.5, 0.6) is 5.75 Å². The van der Waals surface area contributed by atoms with Crippen LogP contribution >= 0.6 is 0 Å². The van der Waals surface area contributed by atoms with E-state index in [4.69, 9.17) is 4.74 Å². The van der Waals surface area contributed by atoms with Gasteiger partial charge in [0.1, 0.15) is 18.8 Å². The summed E-state index contributed by atoms with van der Waals surface area (Å²) in [6, 6.07) is 6.54. The molecule has 0 bridgehead atoms. The molecular weight excluding hydrogens is 270 g/mol. The number of benzene rings is 1. The van der Waals surface area contributed by atoms with E-state index < -0.39 is 0 Å². The Bertz CT molecular complexity index is 661. The highest BCUT2D eigenvalue weighted by molar-refractivity contribution is 5.79. The summed E-state index contributed by atoms with van der Waals surface area (Å²) in [4.78, 5) is 18.4. The average Bonchev–Trinajstić information content (AvgIpc) is 3.05. The van der Waals surface area contributed by atoms with E-state index in [1.54, 1.807) is 35.4 Å². The first-order valence-electron chi connectivity index (χ1n) is 6.70. The van der Waals surface area contributed by atoms with Crippen molar-refractivity contribution in [3.63, 3.8) is 0 Å². The number of amides is 1. The van der Waals surface area contributed by atoms with Crippen molar-refractivity contribution in [2.45, 2.75) is 19.4 Å². The van der Waals surface area contributed by atoms with E-state index in [9.17, 15) is 9.90 Å². The number of aromatic hydroxyl groups is 1. The third kappa shape index (κ3) is 2.50. The Morgan fingerprint density at radius 3 is 2.67 bits per heavy atom. The van der Waals surface area contributed by atoms with E-state index in [-0.39, 0.29) is 17.3 Å². The van der Waals surface area contributed by atoms with E-state index in [0.717, 1.165) is 5.56 Å². The Kier molecular flexibility index (Phi) is 3.17. The number of nitrogens with zero attached hydrogens (tertiary/aromatic N) is 3. The van der Waals surface area contributed by atoms with Crippen LogP contribution in [0.1, 0.15) is 13.8 Å². The Labute approximate surface area is 122 Å². The zero-order valence-corrected chi connectivity index (χ0v) is 12.0. The summed E-state index contributed by atoms with van der Waals surface area (Å²) >= 11 is 0. The van der Waals surface area contributed by atoms with Crippen LogP contribution in [0.4, 0.5) is 4.79 Å². The summed E-state index contributed by atoms with van der Waals surface area (Å²) < 4.78 is 6.82. The number of ether oxygens (including phenoxy) is 1. The maximum atomic E-state index is 12.5. The van der Waals surface area contributed by atoms with Crippen molar-refractivity contribution in [2.24, 2.45) is 0 Å². The van der Waals surface area contributed by atoms with E-state index in [1.807, 2.05) is 13.8 Å². The SMILES string of the molecule is CC1(C)COCN1C(=O)n1cnc(-c2ccc(O)cc2)c1. The van der Waals surface area contributed by atoms with Gasteiger partial charge in [-0.25, -0.2) is 9.78 Å². The third-order valence-corrected chi connectivity index (χ3v) is 3.60. The lowest BCUT2D eigenvalue weighted by Crippen LogP contribution is -2.45. The van der Waals surface area contributed by atoms with Crippen LogP contribution in [0, 0.1) is 0 Å². The molecule has 1 aromatic heterocycles. The molecule has 3 rings (SSSR count). The summed E-state index contributed by atoms with van der Waals surface area (Å²) in [5.74, 6) is 0.199. The lowest BCUT2D eigenvalue weighted by molar-refractivity contribution is 0.140. The molecule has 1 amide bonds. The van der Waals surface area contributed by atoms with Gasteiger partial charge in [-0.05, 0) is 38.1 Å². The fourth-order valence-corrected chi connectivity index (χ4v) is 2.30. The molecule has 1 aliphatic heterocycles. The van der Waals surface area contributed by atoms with Gasteiger partial charge >= 0.3 is 6.03 Å². The molecule has 0 saturated carbocycles. The predicted octanol–water partition coefficient (Wildman–Crippen LogP) is 2.29. The van der Waals surface area contributed by atoms with Crippen LogP contribution in [-0.2, 0) is 4.74 Å². The highest BCUT2D eigenvalue weighted by atomic mass is 16.5. The van der Waals surface area contributed by atoms with Crippen LogP contribution in [0.15, 0.2) is 36.8 Å². The highest BCUT2D eigenvalue weighted by Crippen LogP contribution is 2.24. The molecule has 6 nitrogen and oxygen atoms in total. The Balaban J connectivity index is 1.85. The first kappa shape index (κ1) is 13.6. The van der Waals surface area contributed by atoms with E-state index in [2.05, 4.69) is 4.98 Å². The number of phenolic OH excluding ortho intramolecular Hbond substituents is 1. The molecule has 1 aliphatic rings. The molecule has 6 heteroatoms. The lowest BCUT2D eigenvalue weighted by Gasteiger charge is -2.28. The summed E-state index contributed by atoms with van der Waals surface area (Å²) in [5.41, 5.74) is 1.21. The van der Waals surface area contributed by atoms with Crippen LogP contribution < -0.4 is 0 Å². The second-order valence-corrected chi connectivity index (χ2v) is 5.71. The molecule has 2 heterocycles. The third-order valence-electron chi connectivity index (χ3n) is 3.60. The number of aromatic nitrogens is 2. The molecule has 0 radical (unpaired) electrons. The van der Waals surface area contributed by atoms with E-state index in [0.29, 0.717) is 19.0 Å². The molecule has 1 N–H and O–H groups in total. The lowest BCUT2D eigenvalue weighted by atomic mass is 10.1. The largest absolute Gasteiger partial charge is 0.508 e. The maximum absolute atomic E-state index is 12.5. The normalized spacial score (nSPS) is 17.1. The first-order valence-corrected chi connectivity index (χ1v) is 6.70. The number of hydrogen-bond donors (Lipinski definition) is 1. The standard InChI is InChI=1S/C15H17N3O3/c1-15(2)8-21-10-18(15)14(20)17-7-13(16-9-17)11-3-5-12(19)6-4-11/h3-7,9,19H,8,10H2,1-2H3. The molecule has 0 unspecified atom stereocenters. The fourth-order valence-electron chi connectivity index (χ4n) is 2.30. The Morgan fingerprint density at radius 1 is 1.33 bits per heavy atom. The van der Waals surface area contributed by atoms with Crippen LogP contribution in [0.2, 0.25) is 0 Å². The molecule has 21 heavy (non-hydrogen) atoms. The summed E-state index contributed by atoms with van der Waals surface area (Å²) in [5, 5.41) is 9.30. The Morgan fingerprint density at radius 2 is 2.05 bits per heavy atom. The van der Waals surface area contributed by atoms with Crippen molar-refractivity contribution >= 4 is 6.03 Å². The number of carbonyl (C=O) groups is 1. The molecule has 1 fully saturated rings. The number of carbonyl (C=O) groups excluding carboxylic acids is 1. The van der Waals surface area contributed by atoms with Crippen molar-refractivity contribution in [2.75, 3.05) is 13.3 Å². The van der Waals surface area contributed by atoms with Gasteiger partial charge < -0.3 is 9.84 Å². The second kappa shape index (κ2) is 4.89. The molecule has 110 valence electrons. The molecule has 0 spiro atoms. The van der Waals surface area contributed by atoms with Gasteiger partial charge in [0.05, 0.1) is 17.8 Å². The molecule has 2 aromatic rings. The van der Waals surface area contributed by atoms with Crippen LogP contribution in [-0.4, -0.2) is 44.5 Å². The van der Waals surface area contributed by atoms with Gasteiger partial charge in [0.2, 0.25) is 0 Å². The fraction of sp³-hybridized carbons (Fsp3) is 0.333. The van der Waals surface area contributed by atoms with E-state index >= 15 is 0 Å². The van der Waals surface area contributed by atoms with Crippen molar-refractivity contribution in [3.05, 3.63) is 36.8 Å². The van der Waals surface area contributed by atoms with Crippen molar-refractivity contribution < 1.29 is 14.6 Å². The molecule has 0 aliphatic carbocycles. The minimum Gasteiger partial charge on any atom is -0.508 e. The van der Waals surface area contributed by atoms with Gasteiger partial charge in [0.15, 0.2) is 0 Å². The maximum Gasteiger partial charge on any atom is 0.331 e. The van der Waals surface area contributed by atoms with Gasteiger partial charge in [-0.1, -0.05) is 0 Å². The monoisotopic (exact) mass is 287 g/mol. The van der Waals surface area contributed by atoms with E-state index in [1.165, 1.54) is 10.9 Å². The number of hydrogen-bond acceptors (Lipinski definition) is 4. The summed E-state index contributed by atoms with van der Waals surface area (Å²) in [6.07, 6.45) is 3.18. The quantitative estimate of drug-likeness (QED) is 0.874. The Hall–Kier alpha value is -2.34. The minimum absolute atomic E-state index is 0.157. The van der Waals surface area contributed by atoms with Gasteiger partial charge in [-0.3, -0.25) is 9.47 Å². The average molecular weight is 287 g/mol. The second-order valence-electron chi connectivity index (χ2n) is 5.71.